The molecule has 6 nitrogen and oxygen atoms in total. The molecule has 0 heterocycles. The number of carbonyl (C=O) groups excluding carboxylic acids is 1. The van der Waals surface area contributed by atoms with Crippen LogP contribution in [-0.2, 0) is 4.79 Å². The van der Waals surface area contributed by atoms with E-state index in [1.54, 1.807) is 6.07 Å². The van der Waals surface area contributed by atoms with Crippen LogP contribution in [0.15, 0.2) is 36.4 Å². The summed E-state index contributed by atoms with van der Waals surface area (Å²) in [6.07, 6.45) is 2.50. The van der Waals surface area contributed by atoms with Crippen LogP contribution in [0.3, 0.4) is 0 Å². The second kappa shape index (κ2) is 12.4. The van der Waals surface area contributed by atoms with Crippen LogP contribution in [0.2, 0.25) is 10.0 Å². The molecule has 0 aliphatic heterocycles. The Morgan fingerprint density at radius 2 is 1.52 bits per heavy atom. The number of amides is 1. The zero-order valence-corrected chi connectivity index (χ0v) is 19.3. The van der Waals surface area contributed by atoms with Gasteiger partial charge in [-0.3, -0.25) is 4.79 Å². The lowest BCUT2D eigenvalue weighted by Crippen LogP contribution is -2.45. The van der Waals surface area contributed by atoms with Gasteiger partial charge in [-0.2, -0.15) is 0 Å². The van der Waals surface area contributed by atoms with Crippen LogP contribution >= 0.6 is 23.2 Å². The van der Waals surface area contributed by atoms with Gasteiger partial charge >= 0.3 is 0 Å². The van der Waals surface area contributed by atoms with E-state index >= 15 is 0 Å². The van der Waals surface area contributed by atoms with Crippen molar-refractivity contribution < 1.29 is 28.2 Å². The fraction of sp³-hybridized carbons (Fsp3) is 0.435. The van der Waals surface area contributed by atoms with Gasteiger partial charge < -0.3 is 25.2 Å². The van der Waals surface area contributed by atoms with Crippen LogP contribution in [0.4, 0.5) is 8.78 Å². The lowest BCUT2D eigenvalue weighted by molar-refractivity contribution is -0.124. The molecule has 0 bridgehead atoms. The third kappa shape index (κ3) is 8.30. The number of aliphatic hydroxyl groups is 1. The molecule has 0 aromatic heterocycles. The molecule has 2 aromatic rings. The Balaban J connectivity index is 1.29. The average Bonchev–Trinajstić information content (AvgIpc) is 2.80. The van der Waals surface area contributed by atoms with Gasteiger partial charge in [-0.15, -0.1) is 0 Å². The normalized spacial score (nSPS) is 19.1. The Bertz CT molecular complexity index is 943. The summed E-state index contributed by atoms with van der Waals surface area (Å²) in [6.45, 7) is 0.156. The van der Waals surface area contributed by atoms with E-state index in [0.717, 1.165) is 31.7 Å². The van der Waals surface area contributed by atoms with Crippen molar-refractivity contribution in [3.05, 3.63) is 58.1 Å². The average molecular weight is 503 g/mol. The zero-order chi connectivity index (χ0) is 23.8. The summed E-state index contributed by atoms with van der Waals surface area (Å²) < 4.78 is 37.5. The number of ether oxygens (including phenoxy) is 2. The number of hydrogen-bond acceptors (Lipinski definition) is 5. The van der Waals surface area contributed by atoms with E-state index in [1.807, 2.05) is 0 Å². The largest absolute Gasteiger partial charge is 0.491 e. The Morgan fingerprint density at radius 3 is 2.09 bits per heavy atom. The molecule has 1 saturated carbocycles. The second-order valence-corrected chi connectivity index (χ2v) is 8.74. The van der Waals surface area contributed by atoms with E-state index in [9.17, 15) is 18.7 Å². The molecular formula is C23H26Cl2F2N2O4. The van der Waals surface area contributed by atoms with Gasteiger partial charge in [0, 0.05) is 30.8 Å². The molecule has 0 radical (unpaired) electrons. The Hall–Kier alpha value is -2.13. The second-order valence-electron chi connectivity index (χ2n) is 7.93. The molecule has 3 N–H and O–H groups in total. The van der Waals surface area contributed by atoms with Crippen molar-refractivity contribution in [2.24, 2.45) is 0 Å². The number of rotatable bonds is 10. The molecule has 33 heavy (non-hydrogen) atoms. The van der Waals surface area contributed by atoms with Gasteiger partial charge in [0.2, 0.25) is 0 Å². The SMILES string of the molecule is O=C(COc1ccc(Cl)c(F)c1)N[C@H]1CC[C@H](NCC(O)COc2ccc(Cl)c(F)c2)CC1. The summed E-state index contributed by atoms with van der Waals surface area (Å²) in [5, 5.41) is 16.3. The van der Waals surface area contributed by atoms with Crippen LogP contribution in [0.5, 0.6) is 11.5 Å². The molecule has 1 aliphatic carbocycles. The summed E-state index contributed by atoms with van der Waals surface area (Å²) >= 11 is 11.3. The lowest BCUT2D eigenvalue weighted by atomic mass is 9.91. The zero-order valence-electron chi connectivity index (χ0n) is 17.8. The maximum atomic E-state index is 13.4. The summed E-state index contributed by atoms with van der Waals surface area (Å²) in [6, 6.07) is 8.39. The van der Waals surface area contributed by atoms with Crippen molar-refractivity contribution in [3.63, 3.8) is 0 Å². The van der Waals surface area contributed by atoms with Gasteiger partial charge in [0.25, 0.3) is 5.91 Å². The molecule has 3 rings (SSSR count). The number of benzene rings is 2. The first-order chi connectivity index (χ1) is 15.8. The standard InChI is InChI=1S/C23H26Cl2F2N2O4/c24-19-7-5-17(9-21(19)26)32-12-16(30)11-28-14-1-3-15(4-2-14)29-23(31)13-33-18-6-8-20(25)22(27)10-18/h5-10,14-16,28,30H,1-4,11-13H2,(H,29,31)/t14-,15-,16?. The Morgan fingerprint density at radius 1 is 0.970 bits per heavy atom. The molecule has 2 aromatic carbocycles. The molecule has 180 valence electrons. The third-order valence-electron chi connectivity index (χ3n) is 5.33. The molecule has 0 spiro atoms. The van der Waals surface area contributed by atoms with Crippen molar-refractivity contribution in [3.8, 4) is 11.5 Å². The molecule has 1 amide bonds. The number of hydrogen-bond donors (Lipinski definition) is 3. The van der Waals surface area contributed by atoms with Gasteiger partial charge in [0.05, 0.1) is 10.0 Å². The van der Waals surface area contributed by atoms with Gasteiger partial charge in [0.15, 0.2) is 6.61 Å². The highest BCUT2D eigenvalue weighted by atomic mass is 35.5. The van der Waals surface area contributed by atoms with Crippen molar-refractivity contribution >= 4 is 29.1 Å². The highest BCUT2D eigenvalue weighted by Crippen LogP contribution is 2.22. The van der Waals surface area contributed by atoms with Crippen LogP contribution in [-0.4, -0.2) is 49.0 Å². The lowest BCUT2D eigenvalue weighted by Gasteiger charge is -2.30. The van der Waals surface area contributed by atoms with Crippen LogP contribution < -0.4 is 20.1 Å². The van der Waals surface area contributed by atoms with E-state index in [2.05, 4.69) is 10.6 Å². The van der Waals surface area contributed by atoms with Crippen molar-refractivity contribution in [2.45, 2.75) is 43.9 Å². The minimum atomic E-state index is -0.754. The van der Waals surface area contributed by atoms with Crippen LogP contribution in [0.25, 0.3) is 0 Å². The molecule has 1 fully saturated rings. The number of aliphatic hydroxyl groups excluding tert-OH is 1. The maximum absolute atomic E-state index is 13.4. The number of carbonyl (C=O) groups is 1. The van der Waals surface area contributed by atoms with E-state index in [4.69, 9.17) is 32.7 Å². The minimum Gasteiger partial charge on any atom is -0.491 e. The molecule has 1 atom stereocenters. The predicted octanol–water partition coefficient (Wildman–Crippen LogP) is 4.11. The number of halogens is 4. The van der Waals surface area contributed by atoms with Gasteiger partial charge in [-0.1, -0.05) is 23.2 Å². The predicted molar refractivity (Wildman–Crippen MR) is 122 cm³/mol. The summed E-state index contributed by atoms with van der Waals surface area (Å²) in [7, 11) is 0. The Labute approximate surface area is 201 Å². The molecule has 1 aliphatic rings. The highest BCUT2D eigenvalue weighted by molar-refractivity contribution is 6.31. The quantitative estimate of drug-likeness (QED) is 0.455. The topological polar surface area (TPSA) is 79.8 Å². The monoisotopic (exact) mass is 502 g/mol. The van der Waals surface area contributed by atoms with E-state index < -0.39 is 17.7 Å². The number of nitrogens with one attached hydrogen (secondary N) is 2. The smallest absolute Gasteiger partial charge is 0.258 e. The van der Waals surface area contributed by atoms with Gasteiger partial charge in [-0.05, 0) is 49.9 Å². The van der Waals surface area contributed by atoms with Gasteiger partial charge in [-0.25, -0.2) is 8.78 Å². The molecule has 10 heteroatoms. The summed E-state index contributed by atoms with van der Waals surface area (Å²) in [5.74, 6) is -0.902. The van der Waals surface area contributed by atoms with Crippen molar-refractivity contribution in [2.75, 3.05) is 19.8 Å². The minimum absolute atomic E-state index is 0.00541. The maximum Gasteiger partial charge on any atom is 0.258 e. The molecule has 1 unspecified atom stereocenters. The van der Waals surface area contributed by atoms with E-state index in [0.29, 0.717) is 12.3 Å². The molecular weight excluding hydrogens is 477 g/mol. The fourth-order valence-corrected chi connectivity index (χ4v) is 3.78. The molecule has 0 saturated heterocycles. The summed E-state index contributed by atoms with van der Waals surface area (Å²) in [4.78, 5) is 12.1. The van der Waals surface area contributed by atoms with Crippen LogP contribution in [0.1, 0.15) is 25.7 Å². The first-order valence-electron chi connectivity index (χ1n) is 10.7. The Kier molecular flexibility index (Phi) is 9.55. The highest BCUT2D eigenvalue weighted by Gasteiger charge is 2.23. The summed E-state index contributed by atoms with van der Waals surface area (Å²) in [5.41, 5.74) is 0. The first-order valence-corrected chi connectivity index (χ1v) is 11.4. The van der Waals surface area contributed by atoms with Crippen molar-refractivity contribution in [1.82, 2.24) is 10.6 Å². The van der Waals surface area contributed by atoms with E-state index in [1.165, 1.54) is 24.3 Å². The van der Waals surface area contributed by atoms with Crippen LogP contribution in [0, 0.1) is 11.6 Å². The first kappa shape index (κ1) is 25.5. The van der Waals surface area contributed by atoms with Crippen molar-refractivity contribution in [1.29, 1.82) is 0 Å². The third-order valence-corrected chi connectivity index (χ3v) is 5.94. The van der Waals surface area contributed by atoms with Gasteiger partial charge in [0.1, 0.15) is 35.8 Å². The van der Waals surface area contributed by atoms with E-state index in [-0.39, 0.29) is 47.0 Å². The fourth-order valence-electron chi connectivity index (χ4n) is 3.55.